The van der Waals surface area contributed by atoms with Crippen molar-refractivity contribution in [3.63, 3.8) is 0 Å². The molecule has 0 unspecified atom stereocenters. The third kappa shape index (κ3) is 4.43. The van der Waals surface area contributed by atoms with Gasteiger partial charge in [-0.2, -0.15) is 0 Å². The number of rotatable bonds is 5. The largest absolute Gasteiger partial charge is 0.441 e. The van der Waals surface area contributed by atoms with Gasteiger partial charge in [-0.25, -0.2) is 9.78 Å². The Morgan fingerprint density at radius 3 is 2.63 bits per heavy atom. The van der Waals surface area contributed by atoms with Crippen LogP contribution < -0.4 is 16.6 Å². The van der Waals surface area contributed by atoms with Crippen LogP contribution in [0.4, 0.5) is 5.69 Å². The van der Waals surface area contributed by atoms with Crippen molar-refractivity contribution in [3.8, 4) is 11.5 Å². The molecule has 0 atom stereocenters. The molecular formula is C18H17BrN4O4. The molecule has 0 radical (unpaired) electrons. The van der Waals surface area contributed by atoms with Gasteiger partial charge in [-0.3, -0.25) is 19.1 Å². The Hall–Kier alpha value is -2.94. The molecule has 0 saturated heterocycles. The van der Waals surface area contributed by atoms with Gasteiger partial charge in [0.2, 0.25) is 11.8 Å². The van der Waals surface area contributed by atoms with E-state index in [4.69, 9.17) is 4.42 Å². The van der Waals surface area contributed by atoms with Crippen LogP contribution in [0.1, 0.15) is 25.5 Å². The van der Waals surface area contributed by atoms with Crippen LogP contribution >= 0.6 is 15.9 Å². The summed E-state index contributed by atoms with van der Waals surface area (Å²) in [5.41, 5.74) is 0.162. The van der Waals surface area contributed by atoms with Crippen molar-refractivity contribution < 1.29 is 9.21 Å². The maximum absolute atomic E-state index is 12.2. The van der Waals surface area contributed by atoms with E-state index in [9.17, 15) is 14.4 Å². The first-order chi connectivity index (χ1) is 12.8. The lowest BCUT2D eigenvalue weighted by Gasteiger charge is -2.08. The van der Waals surface area contributed by atoms with Crippen LogP contribution in [0.2, 0.25) is 0 Å². The number of hydrogen-bond acceptors (Lipinski definition) is 5. The first-order valence-electron chi connectivity index (χ1n) is 8.19. The molecule has 0 spiro atoms. The first-order valence-corrected chi connectivity index (χ1v) is 8.98. The minimum atomic E-state index is -0.654. The van der Waals surface area contributed by atoms with Crippen LogP contribution in [0, 0.1) is 0 Å². The lowest BCUT2D eigenvalue weighted by Crippen LogP contribution is -2.33. The molecule has 0 saturated carbocycles. The van der Waals surface area contributed by atoms with Gasteiger partial charge in [0, 0.05) is 23.4 Å². The Labute approximate surface area is 162 Å². The molecule has 0 aliphatic carbocycles. The summed E-state index contributed by atoms with van der Waals surface area (Å²) >= 11 is 3.03. The number of benzene rings is 1. The van der Waals surface area contributed by atoms with Crippen LogP contribution in [0.3, 0.4) is 0 Å². The number of oxazole rings is 1. The fraction of sp³-hybridized carbons (Fsp3) is 0.222. The maximum Gasteiger partial charge on any atom is 0.328 e. The van der Waals surface area contributed by atoms with Crippen LogP contribution in [0.5, 0.6) is 0 Å². The van der Waals surface area contributed by atoms with Gasteiger partial charge in [0.1, 0.15) is 12.3 Å². The molecule has 0 aliphatic heterocycles. The Bertz CT molecular complexity index is 1080. The van der Waals surface area contributed by atoms with Crippen molar-refractivity contribution in [1.82, 2.24) is 14.5 Å². The summed E-state index contributed by atoms with van der Waals surface area (Å²) in [5.74, 6) is 1.17. The molecule has 8 nitrogen and oxygen atoms in total. The summed E-state index contributed by atoms with van der Waals surface area (Å²) in [5, 5.41) is 2.70. The number of aromatic amines is 1. The predicted molar refractivity (Wildman–Crippen MR) is 104 cm³/mol. The summed E-state index contributed by atoms with van der Waals surface area (Å²) in [6.45, 7) is 3.82. The van der Waals surface area contributed by atoms with Crippen molar-refractivity contribution in [2.45, 2.75) is 26.3 Å². The number of carbonyl (C=O) groups excluding carboxylic acids is 1. The number of anilines is 1. The zero-order chi connectivity index (χ0) is 19.6. The van der Waals surface area contributed by atoms with Gasteiger partial charge >= 0.3 is 5.69 Å². The molecule has 3 aromatic rings. The number of amides is 1. The van der Waals surface area contributed by atoms with Gasteiger partial charge in [0.15, 0.2) is 0 Å². The standard InChI is InChI=1S/C18H17BrN4O4/c1-10(2)14-7-20-17(27-14)11-3-5-12(6-4-11)21-15(24)9-23-8-13(19)16(25)22-18(23)26/h3-8,10H,9H2,1-2H3,(H,21,24)(H,22,25,26). The molecule has 27 heavy (non-hydrogen) atoms. The van der Waals surface area contributed by atoms with Gasteiger partial charge in [0.05, 0.1) is 10.7 Å². The summed E-state index contributed by atoms with van der Waals surface area (Å²) in [6.07, 6.45) is 2.98. The fourth-order valence-electron chi connectivity index (χ4n) is 2.34. The Kier molecular flexibility index (Phi) is 5.41. The lowest BCUT2D eigenvalue weighted by atomic mass is 10.2. The highest BCUT2D eigenvalue weighted by molar-refractivity contribution is 9.10. The molecule has 2 aromatic heterocycles. The number of aromatic nitrogens is 3. The maximum atomic E-state index is 12.2. The molecule has 140 valence electrons. The topological polar surface area (TPSA) is 110 Å². The molecule has 0 aliphatic rings. The highest BCUT2D eigenvalue weighted by Gasteiger charge is 2.11. The quantitative estimate of drug-likeness (QED) is 0.643. The highest BCUT2D eigenvalue weighted by Crippen LogP contribution is 2.24. The second-order valence-electron chi connectivity index (χ2n) is 6.21. The van der Waals surface area contributed by atoms with Gasteiger partial charge in [-0.05, 0) is 40.2 Å². The van der Waals surface area contributed by atoms with Crippen LogP contribution in [0.25, 0.3) is 11.5 Å². The van der Waals surface area contributed by atoms with E-state index in [1.807, 2.05) is 13.8 Å². The van der Waals surface area contributed by atoms with Crippen LogP contribution in [-0.2, 0) is 11.3 Å². The zero-order valence-corrected chi connectivity index (χ0v) is 16.2. The summed E-state index contributed by atoms with van der Waals surface area (Å²) in [4.78, 5) is 41.6. The van der Waals surface area contributed by atoms with Gasteiger partial charge in [-0.15, -0.1) is 0 Å². The summed E-state index contributed by atoms with van der Waals surface area (Å²) in [6, 6.07) is 7.01. The van der Waals surface area contributed by atoms with E-state index in [1.54, 1.807) is 30.5 Å². The third-order valence-electron chi connectivity index (χ3n) is 3.79. The van der Waals surface area contributed by atoms with Crippen molar-refractivity contribution in [2.75, 3.05) is 5.32 Å². The van der Waals surface area contributed by atoms with Gasteiger partial charge in [0.25, 0.3) is 5.56 Å². The third-order valence-corrected chi connectivity index (χ3v) is 4.35. The molecule has 0 fully saturated rings. The second-order valence-corrected chi connectivity index (χ2v) is 7.07. The number of nitrogens with zero attached hydrogens (tertiary/aromatic N) is 2. The van der Waals surface area contributed by atoms with E-state index in [0.717, 1.165) is 15.9 Å². The van der Waals surface area contributed by atoms with E-state index >= 15 is 0 Å². The van der Waals surface area contributed by atoms with E-state index in [1.165, 1.54) is 6.20 Å². The second kappa shape index (κ2) is 7.75. The molecule has 9 heteroatoms. The van der Waals surface area contributed by atoms with Crippen LogP contribution in [-0.4, -0.2) is 20.4 Å². The lowest BCUT2D eigenvalue weighted by molar-refractivity contribution is -0.116. The van der Waals surface area contributed by atoms with Gasteiger partial charge in [-0.1, -0.05) is 13.8 Å². The minimum absolute atomic E-state index is 0.172. The zero-order valence-electron chi connectivity index (χ0n) is 14.7. The molecule has 1 amide bonds. The average molecular weight is 433 g/mol. The number of hydrogen-bond donors (Lipinski definition) is 2. The van der Waals surface area contributed by atoms with Gasteiger partial charge < -0.3 is 9.73 Å². The van der Waals surface area contributed by atoms with E-state index < -0.39 is 17.2 Å². The summed E-state index contributed by atoms with van der Waals surface area (Å²) < 4.78 is 6.97. The fourth-order valence-corrected chi connectivity index (χ4v) is 2.68. The summed E-state index contributed by atoms with van der Waals surface area (Å²) in [7, 11) is 0. The van der Waals surface area contributed by atoms with E-state index in [0.29, 0.717) is 11.6 Å². The van der Waals surface area contributed by atoms with Crippen molar-refractivity contribution in [1.29, 1.82) is 0 Å². The molecule has 2 N–H and O–H groups in total. The smallest absolute Gasteiger partial charge is 0.328 e. The monoisotopic (exact) mass is 432 g/mol. The Morgan fingerprint density at radius 1 is 1.30 bits per heavy atom. The predicted octanol–water partition coefficient (Wildman–Crippen LogP) is 2.72. The molecule has 2 heterocycles. The molecule has 3 rings (SSSR count). The van der Waals surface area contributed by atoms with E-state index in [2.05, 4.69) is 31.2 Å². The van der Waals surface area contributed by atoms with E-state index in [-0.39, 0.29) is 16.9 Å². The Morgan fingerprint density at radius 2 is 2.00 bits per heavy atom. The average Bonchev–Trinajstić information content (AvgIpc) is 3.11. The number of halogens is 1. The van der Waals surface area contributed by atoms with Crippen molar-refractivity contribution >= 4 is 27.5 Å². The molecule has 0 bridgehead atoms. The number of H-pyrrole nitrogens is 1. The highest BCUT2D eigenvalue weighted by atomic mass is 79.9. The number of carbonyl (C=O) groups is 1. The molecular weight excluding hydrogens is 416 g/mol. The normalized spacial score (nSPS) is 11.0. The minimum Gasteiger partial charge on any atom is -0.441 e. The first kappa shape index (κ1) is 18.8. The van der Waals surface area contributed by atoms with Crippen molar-refractivity contribution in [3.05, 3.63) is 67.7 Å². The van der Waals surface area contributed by atoms with Crippen LogP contribution in [0.15, 0.2) is 55.1 Å². The Balaban J connectivity index is 1.69. The van der Waals surface area contributed by atoms with Crippen molar-refractivity contribution in [2.24, 2.45) is 0 Å². The SMILES string of the molecule is CC(C)c1cnc(-c2ccc(NC(=O)Cn3cc(Br)c(=O)[nH]c3=O)cc2)o1. The molecule has 1 aromatic carbocycles. The number of nitrogens with one attached hydrogen (secondary N) is 2.